The number of hydrogen-bond donors (Lipinski definition) is 3. The number of nitrogens with one attached hydrogen (secondary N) is 2. The molecule has 0 fully saturated rings. The molecule has 0 aliphatic heterocycles. The molecule has 0 radical (unpaired) electrons. The van der Waals surface area contributed by atoms with Gasteiger partial charge in [0.15, 0.2) is 0 Å². The van der Waals surface area contributed by atoms with E-state index in [0.717, 1.165) is 3.57 Å². The first-order chi connectivity index (χ1) is 12.6. The van der Waals surface area contributed by atoms with Gasteiger partial charge in [0.05, 0.1) is 24.3 Å². The Labute approximate surface area is 160 Å². The number of aliphatic hydroxyl groups is 1. The minimum atomic E-state index is -0.961. The van der Waals surface area contributed by atoms with Crippen molar-refractivity contribution in [3.05, 3.63) is 46.0 Å². The average molecular weight is 473 g/mol. The molecule has 2 heterocycles. The Kier molecular flexibility index (Phi) is 5.85. The van der Waals surface area contributed by atoms with Crippen molar-refractivity contribution in [2.75, 3.05) is 18.5 Å². The largest absolute Gasteiger partial charge is 0.439 e. The maximum absolute atomic E-state index is 14.2. The van der Waals surface area contributed by atoms with Crippen molar-refractivity contribution < 1.29 is 28.3 Å². The van der Waals surface area contributed by atoms with Crippen LogP contribution in [0.15, 0.2) is 41.1 Å². The highest BCUT2D eigenvalue weighted by Crippen LogP contribution is 2.39. The lowest BCUT2D eigenvalue weighted by Crippen LogP contribution is -2.28. The van der Waals surface area contributed by atoms with Gasteiger partial charge in [-0.25, -0.2) is 9.18 Å². The van der Waals surface area contributed by atoms with E-state index in [4.69, 9.17) is 14.3 Å². The fourth-order valence-corrected chi connectivity index (χ4v) is 2.55. The number of hydroxylamine groups is 1. The number of pyridine rings is 1. The number of furan rings is 1. The minimum Gasteiger partial charge on any atom is -0.424 e. The number of hydrogen-bond acceptors (Lipinski definition) is 7. The number of fused-ring (bicyclic) bond motifs is 1. The number of amides is 1. The van der Waals surface area contributed by atoms with Gasteiger partial charge in [0.25, 0.3) is 0 Å². The molecule has 0 atom stereocenters. The maximum atomic E-state index is 14.2. The predicted octanol–water partition coefficient (Wildman–Crippen LogP) is 3.33. The fraction of sp³-hybridized carbons (Fsp3) is 0.125. The van der Waals surface area contributed by atoms with Crippen LogP contribution in [0.2, 0.25) is 0 Å². The van der Waals surface area contributed by atoms with E-state index in [1.807, 2.05) is 28.1 Å². The summed E-state index contributed by atoms with van der Waals surface area (Å²) in [4.78, 5) is 20.4. The van der Waals surface area contributed by atoms with Crippen LogP contribution < -0.4 is 15.5 Å². The maximum Gasteiger partial charge on any atom is 0.439 e. The number of nitrogens with zero attached hydrogens (tertiary/aromatic N) is 1. The Balaban J connectivity index is 1.90. The van der Waals surface area contributed by atoms with Gasteiger partial charge in [-0.2, -0.15) is 5.48 Å². The number of halogens is 2. The van der Waals surface area contributed by atoms with E-state index in [2.05, 4.69) is 15.1 Å². The quantitative estimate of drug-likeness (QED) is 0.287. The van der Waals surface area contributed by atoms with Crippen LogP contribution >= 0.6 is 22.6 Å². The first-order valence-electron chi connectivity index (χ1n) is 7.37. The molecule has 0 aliphatic carbocycles. The molecule has 3 aromatic rings. The van der Waals surface area contributed by atoms with Crippen LogP contribution in [0.5, 0.6) is 5.95 Å². The molecule has 0 bridgehead atoms. The van der Waals surface area contributed by atoms with Crippen LogP contribution in [0, 0.1) is 9.39 Å². The van der Waals surface area contributed by atoms with Gasteiger partial charge < -0.3 is 19.6 Å². The molecular formula is C16H13FIN3O5. The Morgan fingerprint density at radius 3 is 3.00 bits per heavy atom. The molecule has 0 saturated carbocycles. The van der Waals surface area contributed by atoms with E-state index in [0.29, 0.717) is 11.0 Å². The monoisotopic (exact) mass is 473 g/mol. The third-order valence-electron chi connectivity index (χ3n) is 3.18. The van der Waals surface area contributed by atoms with Gasteiger partial charge in [0, 0.05) is 16.0 Å². The third kappa shape index (κ3) is 4.20. The Hall–Kier alpha value is -2.44. The zero-order chi connectivity index (χ0) is 18.5. The van der Waals surface area contributed by atoms with Gasteiger partial charge in [-0.1, -0.05) is 0 Å². The van der Waals surface area contributed by atoms with Gasteiger partial charge in [0.2, 0.25) is 0 Å². The molecule has 8 nitrogen and oxygen atoms in total. The van der Waals surface area contributed by atoms with E-state index in [1.54, 1.807) is 18.2 Å². The molecule has 0 unspecified atom stereocenters. The summed E-state index contributed by atoms with van der Waals surface area (Å²) in [6.45, 7) is -0.367. The highest BCUT2D eigenvalue weighted by molar-refractivity contribution is 14.1. The van der Waals surface area contributed by atoms with Crippen LogP contribution in [0.25, 0.3) is 11.0 Å². The average Bonchev–Trinajstić information content (AvgIpc) is 2.95. The second-order valence-corrected chi connectivity index (χ2v) is 6.19. The second kappa shape index (κ2) is 8.29. The topological polar surface area (TPSA) is 106 Å². The summed E-state index contributed by atoms with van der Waals surface area (Å²) in [6, 6.07) is 6.22. The summed E-state index contributed by atoms with van der Waals surface area (Å²) in [5, 5.41) is 12.0. The van der Waals surface area contributed by atoms with Gasteiger partial charge >= 0.3 is 12.0 Å². The summed E-state index contributed by atoms with van der Waals surface area (Å²) in [5.74, 6) is -0.659. The number of carbonyl (C=O) groups excluding carboxylic acids is 1. The molecule has 2 aromatic heterocycles. The molecule has 0 spiro atoms. The first-order valence-corrected chi connectivity index (χ1v) is 8.45. The molecule has 1 aromatic carbocycles. The van der Waals surface area contributed by atoms with E-state index < -0.39 is 11.9 Å². The first kappa shape index (κ1) is 18.4. The number of anilines is 2. The summed E-state index contributed by atoms with van der Waals surface area (Å²) in [6.07, 6.45) is 2.05. The van der Waals surface area contributed by atoms with Crippen LogP contribution in [0.1, 0.15) is 0 Å². The summed E-state index contributed by atoms with van der Waals surface area (Å²) < 4.78 is 25.5. The lowest BCUT2D eigenvalue weighted by Gasteiger charge is -2.09. The van der Waals surface area contributed by atoms with Crippen molar-refractivity contribution in [3.63, 3.8) is 0 Å². The molecule has 3 N–H and O–H groups in total. The summed E-state index contributed by atoms with van der Waals surface area (Å²) in [5.41, 5.74) is 2.80. The highest BCUT2D eigenvalue weighted by atomic mass is 127. The molecule has 0 saturated heterocycles. The second-order valence-electron chi connectivity index (χ2n) is 4.95. The standard InChI is InChI=1S/C16H13FIN3O5/c17-11-7-9(18)1-2-12(11)20-14-10-8-19-4-3-13(10)25-15(14)26-16(23)21-24-6-5-22/h1-4,7-8,20,22H,5-6H2,(H,21,23). The van der Waals surface area contributed by atoms with Gasteiger partial charge in [-0.3, -0.25) is 9.82 Å². The Morgan fingerprint density at radius 1 is 1.38 bits per heavy atom. The van der Waals surface area contributed by atoms with Crippen LogP contribution in [-0.2, 0) is 4.84 Å². The van der Waals surface area contributed by atoms with Crippen molar-refractivity contribution in [2.24, 2.45) is 0 Å². The lowest BCUT2D eigenvalue weighted by molar-refractivity contribution is 0.0228. The predicted molar refractivity (Wildman–Crippen MR) is 98.6 cm³/mol. The minimum absolute atomic E-state index is 0.0991. The van der Waals surface area contributed by atoms with Crippen molar-refractivity contribution >= 4 is 51.0 Å². The van der Waals surface area contributed by atoms with E-state index >= 15 is 0 Å². The summed E-state index contributed by atoms with van der Waals surface area (Å²) >= 11 is 2.00. The van der Waals surface area contributed by atoms with Crippen LogP contribution in [0.4, 0.5) is 20.6 Å². The molecule has 0 aliphatic rings. The molecule has 3 rings (SSSR count). The third-order valence-corrected chi connectivity index (χ3v) is 3.85. The number of ether oxygens (including phenoxy) is 1. The zero-order valence-electron chi connectivity index (χ0n) is 13.2. The highest BCUT2D eigenvalue weighted by Gasteiger charge is 2.20. The molecule has 10 heteroatoms. The number of rotatable bonds is 6. The van der Waals surface area contributed by atoms with Crippen molar-refractivity contribution in [1.82, 2.24) is 10.5 Å². The number of aliphatic hydroxyl groups excluding tert-OH is 1. The fourth-order valence-electron chi connectivity index (χ4n) is 2.10. The van der Waals surface area contributed by atoms with Crippen molar-refractivity contribution in [1.29, 1.82) is 0 Å². The Morgan fingerprint density at radius 2 is 2.23 bits per heavy atom. The van der Waals surface area contributed by atoms with E-state index in [1.165, 1.54) is 18.5 Å². The van der Waals surface area contributed by atoms with E-state index in [9.17, 15) is 9.18 Å². The molecule has 1 amide bonds. The SMILES string of the molecule is O=C(NOCCO)Oc1oc2ccncc2c1Nc1ccc(I)cc1F. The molecular weight excluding hydrogens is 460 g/mol. The van der Waals surface area contributed by atoms with Gasteiger partial charge in [-0.05, 0) is 46.9 Å². The van der Waals surface area contributed by atoms with Crippen molar-refractivity contribution in [2.45, 2.75) is 0 Å². The number of carbonyl (C=O) groups is 1. The smallest absolute Gasteiger partial charge is 0.424 e. The molecule has 136 valence electrons. The van der Waals surface area contributed by atoms with Crippen LogP contribution in [0.3, 0.4) is 0 Å². The van der Waals surface area contributed by atoms with Crippen LogP contribution in [-0.4, -0.2) is 29.4 Å². The zero-order valence-corrected chi connectivity index (χ0v) is 15.3. The number of benzene rings is 1. The van der Waals surface area contributed by atoms with Gasteiger partial charge in [0.1, 0.15) is 17.1 Å². The Bertz CT molecular complexity index is 933. The van der Waals surface area contributed by atoms with Crippen molar-refractivity contribution in [3.8, 4) is 5.95 Å². The van der Waals surface area contributed by atoms with Gasteiger partial charge in [-0.15, -0.1) is 0 Å². The lowest BCUT2D eigenvalue weighted by atomic mass is 10.2. The molecule has 26 heavy (non-hydrogen) atoms. The van der Waals surface area contributed by atoms with E-state index in [-0.39, 0.29) is 30.5 Å². The normalized spacial score (nSPS) is 10.7. The summed E-state index contributed by atoms with van der Waals surface area (Å²) in [7, 11) is 0. The number of aromatic nitrogens is 1.